The standard InChI is InChI=1S/C14H19NO3/c1-17-13-8-4-3-6-11(13)10-15-9-5-7-12(15)14(16)18-2/h3-4,6,8,12H,5,7,9-10H2,1-2H3. The zero-order valence-electron chi connectivity index (χ0n) is 10.9. The second-order valence-electron chi connectivity index (χ2n) is 4.46. The summed E-state index contributed by atoms with van der Waals surface area (Å²) in [4.78, 5) is 13.8. The number of ether oxygens (including phenoxy) is 2. The van der Waals surface area contributed by atoms with E-state index >= 15 is 0 Å². The number of nitrogens with zero attached hydrogens (tertiary/aromatic N) is 1. The Hall–Kier alpha value is -1.55. The molecule has 0 amide bonds. The topological polar surface area (TPSA) is 38.8 Å². The molecule has 4 nitrogen and oxygen atoms in total. The monoisotopic (exact) mass is 249 g/mol. The minimum atomic E-state index is -0.137. The van der Waals surface area contributed by atoms with Crippen LogP contribution in [-0.2, 0) is 16.1 Å². The molecule has 98 valence electrons. The van der Waals surface area contributed by atoms with Crippen LogP contribution in [-0.4, -0.2) is 37.7 Å². The molecule has 2 rings (SSSR count). The third-order valence-electron chi connectivity index (χ3n) is 3.40. The Bertz CT molecular complexity index is 419. The second-order valence-corrected chi connectivity index (χ2v) is 4.46. The van der Waals surface area contributed by atoms with Gasteiger partial charge in [0.15, 0.2) is 0 Å². The van der Waals surface area contributed by atoms with Crippen LogP contribution in [0.4, 0.5) is 0 Å². The van der Waals surface area contributed by atoms with E-state index in [-0.39, 0.29) is 12.0 Å². The van der Waals surface area contributed by atoms with Gasteiger partial charge in [0.1, 0.15) is 11.8 Å². The van der Waals surface area contributed by atoms with E-state index in [1.54, 1.807) is 7.11 Å². The smallest absolute Gasteiger partial charge is 0.323 e. The van der Waals surface area contributed by atoms with Crippen molar-refractivity contribution in [1.82, 2.24) is 4.90 Å². The minimum Gasteiger partial charge on any atom is -0.496 e. The number of para-hydroxylation sites is 1. The minimum absolute atomic E-state index is 0.111. The number of rotatable bonds is 4. The molecular weight excluding hydrogens is 230 g/mol. The van der Waals surface area contributed by atoms with Gasteiger partial charge in [-0.25, -0.2) is 0 Å². The summed E-state index contributed by atoms with van der Waals surface area (Å²) in [6.07, 6.45) is 1.91. The third kappa shape index (κ3) is 2.64. The van der Waals surface area contributed by atoms with Crippen LogP contribution in [0, 0.1) is 0 Å². The van der Waals surface area contributed by atoms with Crippen LogP contribution in [0.25, 0.3) is 0 Å². The summed E-state index contributed by atoms with van der Waals surface area (Å²) < 4.78 is 10.2. The van der Waals surface area contributed by atoms with Gasteiger partial charge in [0, 0.05) is 12.1 Å². The lowest BCUT2D eigenvalue weighted by Crippen LogP contribution is -2.36. The van der Waals surface area contributed by atoms with Gasteiger partial charge in [0.25, 0.3) is 0 Å². The summed E-state index contributed by atoms with van der Waals surface area (Å²) in [5, 5.41) is 0. The predicted molar refractivity (Wildman–Crippen MR) is 68.4 cm³/mol. The van der Waals surface area contributed by atoms with Gasteiger partial charge in [-0.15, -0.1) is 0 Å². The number of likely N-dealkylation sites (tertiary alicyclic amines) is 1. The van der Waals surface area contributed by atoms with Crippen molar-refractivity contribution < 1.29 is 14.3 Å². The van der Waals surface area contributed by atoms with E-state index in [4.69, 9.17) is 9.47 Å². The van der Waals surface area contributed by atoms with Gasteiger partial charge in [-0.05, 0) is 25.5 Å². The highest BCUT2D eigenvalue weighted by atomic mass is 16.5. The molecular formula is C14H19NO3. The number of carbonyl (C=O) groups is 1. The molecule has 1 atom stereocenters. The average Bonchev–Trinajstić information content (AvgIpc) is 2.86. The summed E-state index contributed by atoms with van der Waals surface area (Å²) >= 11 is 0. The highest BCUT2D eigenvalue weighted by Crippen LogP contribution is 2.25. The highest BCUT2D eigenvalue weighted by Gasteiger charge is 2.31. The van der Waals surface area contributed by atoms with Gasteiger partial charge < -0.3 is 9.47 Å². The predicted octanol–water partition coefficient (Wildman–Crippen LogP) is 1.83. The first-order valence-corrected chi connectivity index (χ1v) is 6.20. The fourth-order valence-electron chi connectivity index (χ4n) is 2.47. The van der Waals surface area contributed by atoms with Crippen molar-refractivity contribution in [1.29, 1.82) is 0 Å². The number of esters is 1. The molecule has 0 radical (unpaired) electrons. The molecule has 18 heavy (non-hydrogen) atoms. The van der Waals surface area contributed by atoms with E-state index in [0.717, 1.165) is 37.2 Å². The third-order valence-corrected chi connectivity index (χ3v) is 3.40. The molecule has 1 aliphatic heterocycles. The van der Waals surface area contributed by atoms with E-state index in [1.807, 2.05) is 24.3 Å². The Kier molecular flexibility index (Phi) is 4.20. The lowest BCUT2D eigenvalue weighted by Gasteiger charge is -2.23. The largest absolute Gasteiger partial charge is 0.496 e. The molecule has 1 unspecified atom stereocenters. The van der Waals surface area contributed by atoms with Crippen molar-refractivity contribution in [2.45, 2.75) is 25.4 Å². The van der Waals surface area contributed by atoms with E-state index in [0.29, 0.717) is 0 Å². The SMILES string of the molecule is COC(=O)C1CCCN1Cc1ccccc1OC. The van der Waals surface area contributed by atoms with Gasteiger partial charge in [-0.3, -0.25) is 9.69 Å². The Morgan fingerprint density at radius 2 is 2.17 bits per heavy atom. The Labute approximate surface area is 107 Å². The molecule has 0 saturated carbocycles. The van der Waals surface area contributed by atoms with Crippen LogP contribution < -0.4 is 4.74 Å². The molecule has 1 saturated heterocycles. The summed E-state index contributed by atoms with van der Waals surface area (Å²) in [7, 11) is 3.11. The molecule has 0 aliphatic carbocycles. The first kappa shape index (κ1) is 12.9. The maximum absolute atomic E-state index is 11.7. The summed E-state index contributed by atoms with van der Waals surface area (Å²) in [6, 6.07) is 7.80. The van der Waals surface area contributed by atoms with Gasteiger partial charge in [-0.1, -0.05) is 18.2 Å². The Balaban J connectivity index is 2.10. The summed E-state index contributed by atoms with van der Waals surface area (Å²) in [6.45, 7) is 1.65. The molecule has 0 N–H and O–H groups in total. The first-order valence-electron chi connectivity index (χ1n) is 6.20. The van der Waals surface area contributed by atoms with Gasteiger partial charge in [-0.2, -0.15) is 0 Å². The van der Waals surface area contributed by atoms with E-state index < -0.39 is 0 Å². The molecule has 1 heterocycles. The van der Waals surface area contributed by atoms with Crippen LogP contribution >= 0.6 is 0 Å². The van der Waals surface area contributed by atoms with Crippen molar-refractivity contribution in [2.24, 2.45) is 0 Å². The number of benzene rings is 1. The van der Waals surface area contributed by atoms with E-state index in [1.165, 1.54) is 7.11 Å². The van der Waals surface area contributed by atoms with Crippen LogP contribution in [0.5, 0.6) is 5.75 Å². The van der Waals surface area contributed by atoms with Gasteiger partial charge in [0.05, 0.1) is 14.2 Å². The van der Waals surface area contributed by atoms with E-state index in [9.17, 15) is 4.79 Å². The summed E-state index contributed by atoms with van der Waals surface area (Å²) in [5.41, 5.74) is 1.11. The molecule has 1 aromatic carbocycles. The number of hydrogen-bond acceptors (Lipinski definition) is 4. The molecule has 0 bridgehead atoms. The average molecular weight is 249 g/mol. The molecule has 0 spiro atoms. The highest BCUT2D eigenvalue weighted by molar-refractivity contribution is 5.76. The van der Waals surface area contributed by atoms with Gasteiger partial charge in [0.2, 0.25) is 0 Å². The van der Waals surface area contributed by atoms with E-state index in [2.05, 4.69) is 4.90 Å². The maximum atomic E-state index is 11.7. The lowest BCUT2D eigenvalue weighted by molar-refractivity contribution is -0.146. The zero-order chi connectivity index (χ0) is 13.0. The number of methoxy groups -OCH3 is 2. The zero-order valence-corrected chi connectivity index (χ0v) is 10.9. The second kappa shape index (κ2) is 5.87. The number of hydrogen-bond donors (Lipinski definition) is 0. The fourth-order valence-corrected chi connectivity index (χ4v) is 2.47. The first-order chi connectivity index (χ1) is 8.76. The summed E-state index contributed by atoms with van der Waals surface area (Å²) in [5.74, 6) is 0.732. The number of carbonyl (C=O) groups excluding carboxylic acids is 1. The van der Waals surface area contributed by atoms with Crippen LogP contribution in [0.3, 0.4) is 0 Å². The molecule has 1 fully saturated rings. The maximum Gasteiger partial charge on any atom is 0.323 e. The molecule has 0 aromatic heterocycles. The van der Waals surface area contributed by atoms with Crippen LogP contribution in [0.2, 0.25) is 0 Å². The fraction of sp³-hybridized carbons (Fsp3) is 0.500. The van der Waals surface area contributed by atoms with Gasteiger partial charge >= 0.3 is 5.97 Å². The lowest BCUT2D eigenvalue weighted by atomic mass is 10.1. The van der Waals surface area contributed by atoms with Crippen LogP contribution in [0.15, 0.2) is 24.3 Å². The molecule has 1 aromatic rings. The quantitative estimate of drug-likeness (QED) is 0.763. The molecule has 1 aliphatic rings. The Morgan fingerprint density at radius 3 is 2.89 bits per heavy atom. The van der Waals surface area contributed by atoms with Crippen molar-refractivity contribution in [3.8, 4) is 5.75 Å². The molecule has 4 heteroatoms. The van der Waals surface area contributed by atoms with Crippen molar-refractivity contribution in [3.63, 3.8) is 0 Å². The van der Waals surface area contributed by atoms with Crippen molar-refractivity contribution >= 4 is 5.97 Å². The van der Waals surface area contributed by atoms with Crippen molar-refractivity contribution in [2.75, 3.05) is 20.8 Å². The Morgan fingerprint density at radius 1 is 1.39 bits per heavy atom. The normalized spacial score (nSPS) is 19.8. The van der Waals surface area contributed by atoms with Crippen LogP contribution in [0.1, 0.15) is 18.4 Å². The van der Waals surface area contributed by atoms with Crippen molar-refractivity contribution in [3.05, 3.63) is 29.8 Å².